The van der Waals surface area contributed by atoms with E-state index in [-0.39, 0.29) is 5.69 Å². The Morgan fingerprint density at radius 1 is 1.39 bits per heavy atom. The van der Waals surface area contributed by atoms with E-state index in [9.17, 15) is 14.5 Å². The lowest BCUT2D eigenvalue weighted by atomic mass is 10.2. The summed E-state index contributed by atoms with van der Waals surface area (Å²) in [4.78, 5) is 10.9. The van der Waals surface area contributed by atoms with Crippen LogP contribution < -0.4 is 5.32 Å². The van der Waals surface area contributed by atoms with Gasteiger partial charge in [0.2, 0.25) is 0 Å². The van der Waals surface area contributed by atoms with Crippen molar-refractivity contribution in [3.63, 3.8) is 0 Å². The van der Waals surface area contributed by atoms with E-state index in [1.165, 1.54) is 23.5 Å². The monoisotopic (exact) mass is 286 g/mol. The molecule has 0 fully saturated rings. The summed E-state index contributed by atoms with van der Waals surface area (Å²) in [7, 11) is 0. The lowest BCUT2D eigenvalue weighted by Crippen LogP contribution is -1.99. The summed E-state index contributed by atoms with van der Waals surface area (Å²) >= 11 is 7.17. The summed E-state index contributed by atoms with van der Waals surface area (Å²) in [6, 6.07) is 6.98. The third-order valence-corrected chi connectivity index (χ3v) is 3.42. The Kier molecular flexibility index (Phi) is 3.78. The normalized spacial score (nSPS) is 10.3. The van der Waals surface area contributed by atoms with Crippen molar-refractivity contribution in [3.05, 3.63) is 55.5 Å². The van der Waals surface area contributed by atoms with Crippen LogP contribution in [0.1, 0.15) is 4.88 Å². The molecule has 2 aromatic rings. The quantitative estimate of drug-likeness (QED) is 0.681. The lowest BCUT2D eigenvalue weighted by molar-refractivity contribution is -0.385. The molecule has 0 radical (unpaired) electrons. The van der Waals surface area contributed by atoms with Gasteiger partial charge in [0.05, 0.1) is 15.3 Å². The zero-order valence-electron chi connectivity index (χ0n) is 9.02. The average molecular weight is 287 g/mol. The molecule has 7 heteroatoms. The van der Waals surface area contributed by atoms with Crippen LogP contribution in [0.5, 0.6) is 0 Å². The highest BCUT2D eigenvalue weighted by Gasteiger charge is 2.09. The van der Waals surface area contributed by atoms with Gasteiger partial charge in [0.25, 0.3) is 5.69 Å². The van der Waals surface area contributed by atoms with E-state index >= 15 is 0 Å². The fourth-order valence-electron chi connectivity index (χ4n) is 1.42. The molecule has 0 aliphatic rings. The van der Waals surface area contributed by atoms with Crippen LogP contribution in [0.4, 0.5) is 15.8 Å². The van der Waals surface area contributed by atoms with Gasteiger partial charge in [-0.3, -0.25) is 10.1 Å². The average Bonchev–Trinajstić information content (AvgIpc) is 2.72. The Balaban J connectivity index is 2.11. The molecule has 0 spiro atoms. The van der Waals surface area contributed by atoms with Gasteiger partial charge >= 0.3 is 0 Å². The molecule has 0 unspecified atom stereocenters. The first-order chi connectivity index (χ1) is 8.54. The van der Waals surface area contributed by atoms with Crippen LogP contribution in [0.3, 0.4) is 0 Å². The van der Waals surface area contributed by atoms with Crippen molar-refractivity contribution in [2.24, 2.45) is 0 Å². The summed E-state index contributed by atoms with van der Waals surface area (Å²) in [6.45, 7) is 0.442. The van der Waals surface area contributed by atoms with E-state index in [1.54, 1.807) is 6.07 Å². The fraction of sp³-hybridized carbons (Fsp3) is 0.0909. The molecule has 0 atom stereocenters. The van der Waals surface area contributed by atoms with E-state index in [1.807, 2.05) is 6.07 Å². The Bertz CT molecular complexity index is 588. The van der Waals surface area contributed by atoms with Crippen molar-refractivity contribution in [3.8, 4) is 0 Å². The number of non-ortho nitro benzene ring substituents is 1. The predicted molar refractivity (Wildman–Crippen MR) is 69.7 cm³/mol. The maximum atomic E-state index is 13.2. The zero-order valence-corrected chi connectivity index (χ0v) is 10.6. The van der Waals surface area contributed by atoms with Gasteiger partial charge in [-0.1, -0.05) is 11.6 Å². The van der Waals surface area contributed by atoms with Crippen LogP contribution >= 0.6 is 22.9 Å². The predicted octanol–water partition coefficient (Wildman–Crippen LogP) is 4.06. The Labute approximate surface area is 111 Å². The molecule has 1 aromatic carbocycles. The fourth-order valence-corrected chi connectivity index (χ4v) is 2.44. The minimum Gasteiger partial charge on any atom is -0.380 e. The molecule has 18 heavy (non-hydrogen) atoms. The van der Waals surface area contributed by atoms with Gasteiger partial charge in [-0.2, -0.15) is 0 Å². The smallest absolute Gasteiger partial charge is 0.274 e. The summed E-state index contributed by atoms with van der Waals surface area (Å²) in [5.74, 6) is -0.643. The number of nitro benzene ring substituents is 1. The second-order valence-electron chi connectivity index (χ2n) is 3.51. The van der Waals surface area contributed by atoms with Crippen molar-refractivity contribution in [1.29, 1.82) is 0 Å². The van der Waals surface area contributed by atoms with Crippen molar-refractivity contribution in [1.82, 2.24) is 0 Å². The van der Waals surface area contributed by atoms with E-state index in [2.05, 4.69) is 5.32 Å². The topological polar surface area (TPSA) is 55.2 Å². The molecule has 1 heterocycles. The number of nitrogens with zero attached hydrogens (tertiary/aromatic N) is 1. The number of halogens is 2. The second kappa shape index (κ2) is 5.32. The molecule has 1 aromatic heterocycles. The van der Waals surface area contributed by atoms with E-state index < -0.39 is 10.7 Å². The highest BCUT2D eigenvalue weighted by Crippen LogP contribution is 2.24. The van der Waals surface area contributed by atoms with Crippen molar-refractivity contribution < 1.29 is 9.31 Å². The number of hydrogen-bond acceptors (Lipinski definition) is 4. The maximum absolute atomic E-state index is 13.2. The standard InChI is InChI=1S/C11H8ClFN2O2S/c12-11-2-1-10(18-11)6-14-8-3-7(13)4-9(5-8)15(16)17/h1-5,14H,6H2. The summed E-state index contributed by atoms with van der Waals surface area (Å²) < 4.78 is 13.8. The molecule has 2 rings (SSSR count). The Morgan fingerprint density at radius 3 is 2.78 bits per heavy atom. The summed E-state index contributed by atoms with van der Waals surface area (Å²) in [5, 5.41) is 13.5. The molecule has 0 saturated heterocycles. The highest BCUT2D eigenvalue weighted by molar-refractivity contribution is 7.16. The van der Waals surface area contributed by atoms with Crippen LogP contribution in [0, 0.1) is 15.9 Å². The van der Waals surface area contributed by atoms with Crippen LogP contribution in [0.2, 0.25) is 4.34 Å². The first kappa shape index (κ1) is 12.8. The van der Waals surface area contributed by atoms with Crippen molar-refractivity contribution in [2.75, 3.05) is 5.32 Å². The van der Waals surface area contributed by atoms with Crippen molar-refractivity contribution in [2.45, 2.75) is 6.54 Å². The molecule has 0 aliphatic carbocycles. The molecule has 0 aliphatic heterocycles. The SMILES string of the molecule is O=[N+]([O-])c1cc(F)cc(NCc2ccc(Cl)s2)c1. The molecule has 4 nitrogen and oxygen atoms in total. The van der Waals surface area contributed by atoms with Gasteiger partial charge in [-0.05, 0) is 18.2 Å². The number of benzene rings is 1. The summed E-state index contributed by atoms with van der Waals surface area (Å²) in [6.07, 6.45) is 0. The Morgan fingerprint density at radius 2 is 2.17 bits per heavy atom. The molecular formula is C11H8ClFN2O2S. The van der Waals surface area contributed by atoms with Gasteiger partial charge in [-0.25, -0.2) is 4.39 Å². The molecule has 0 saturated carbocycles. The van der Waals surface area contributed by atoms with Gasteiger partial charge in [0.15, 0.2) is 0 Å². The third-order valence-electron chi connectivity index (χ3n) is 2.19. The van der Waals surface area contributed by atoms with Crippen LogP contribution in [0.25, 0.3) is 0 Å². The summed E-state index contributed by atoms with van der Waals surface area (Å²) in [5.41, 5.74) is 0.0907. The number of hydrogen-bond donors (Lipinski definition) is 1. The van der Waals surface area contributed by atoms with Gasteiger partial charge in [-0.15, -0.1) is 11.3 Å². The minimum atomic E-state index is -0.643. The van der Waals surface area contributed by atoms with Crippen LogP contribution in [-0.2, 0) is 6.54 Å². The molecule has 0 bridgehead atoms. The number of nitro groups is 1. The van der Waals surface area contributed by atoms with Crippen molar-refractivity contribution >= 4 is 34.3 Å². The van der Waals surface area contributed by atoms with E-state index in [0.29, 0.717) is 16.6 Å². The molecule has 94 valence electrons. The first-order valence-electron chi connectivity index (χ1n) is 4.97. The second-order valence-corrected chi connectivity index (χ2v) is 5.31. The van der Waals surface area contributed by atoms with Gasteiger partial charge in [0.1, 0.15) is 5.82 Å². The van der Waals surface area contributed by atoms with E-state index in [4.69, 9.17) is 11.6 Å². The first-order valence-corrected chi connectivity index (χ1v) is 6.17. The maximum Gasteiger partial charge on any atom is 0.274 e. The highest BCUT2D eigenvalue weighted by atomic mass is 35.5. The van der Waals surface area contributed by atoms with Crippen LogP contribution in [-0.4, -0.2) is 4.92 Å². The number of rotatable bonds is 4. The lowest BCUT2D eigenvalue weighted by Gasteiger charge is -2.04. The Hall–Kier alpha value is -1.66. The molecule has 1 N–H and O–H groups in total. The number of thiophene rings is 1. The minimum absolute atomic E-state index is 0.276. The number of anilines is 1. The van der Waals surface area contributed by atoms with E-state index in [0.717, 1.165) is 10.9 Å². The van der Waals surface area contributed by atoms with Crippen LogP contribution in [0.15, 0.2) is 30.3 Å². The molecule has 0 amide bonds. The third kappa shape index (κ3) is 3.18. The largest absolute Gasteiger partial charge is 0.380 e. The van der Waals surface area contributed by atoms with Gasteiger partial charge in [0, 0.05) is 23.2 Å². The zero-order chi connectivity index (χ0) is 13.1. The number of nitrogens with one attached hydrogen (secondary N) is 1. The van der Waals surface area contributed by atoms with Gasteiger partial charge < -0.3 is 5.32 Å². The molecular weight excluding hydrogens is 279 g/mol.